The van der Waals surface area contributed by atoms with Gasteiger partial charge in [0.2, 0.25) is 0 Å². The third-order valence-corrected chi connectivity index (χ3v) is 3.82. The molecule has 17 heavy (non-hydrogen) atoms. The fraction of sp³-hybridized carbons (Fsp3) is 0. The molecule has 0 amide bonds. The minimum atomic E-state index is 0.484. The van der Waals surface area contributed by atoms with Crippen LogP contribution in [0, 0.1) is 0 Å². The van der Waals surface area contributed by atoms with E-state index in [9.17, 15) is 0 Å². The molecule has 3 rings (SSSR count). The van der Waals surface area contributed by atoms with Crippen molar-refractivity contribution < 1.29 is 0 Å². The van der Waals surface area contributed by atoms with Gasteiger partial charge in [0.05, 0.1) is 9.17 Å². The fourth-order valence-electron chi connectivity index (χ4n) is 1.52. The molecule has 0 aliphatic rings. The van der Waals surface area contributed by atoms with Gasteiger partial charge in [-0.1, -0.05) is 6.07 Å². The molecule has 0 aliphatic carbocycles. The lowest BCUT2D eigenvalue weighted by Gasteiger charge is -2.00. The van der Waals surface area contributed by atoms with Crippen LogP contribution in [0.3, 0.4) is 0 Å². The van der Waals surface area contributed by atoms with Gasteiger partial charge in [-0.3, -0.25) is 4.98 Å². The number of nitrogens with two attached hydrogens (primary N) is 1. The summed E-state index contributed by atoms with van der Waals surface area (Å²) >= 11 is 4.95. The molecule has 4 nitrogen and oxygen atoms in total. The van der Waals surface area contributed by atoms with Crippen molar-refractivity contribution in [2.24, 2.45) is 0 Å². The Morgan fingerprint density at radius 2 is 2.12 bits per heavy atom. The Bertz CT molecular complexity index is 681. The third kappa shape index (κ3) is 1.89. The number of hydrogen-bond acceptors (Lipinski definition) is 5. The fourth-order valence-corrected chi connectivity index (χ4v) is 2.98. The zero-order chi connectivity index (χ0) is 11.8. The first-order valence-corrected chi connectivity index (χ1v) is 6.49. The molecule has 0 radical (unpaired) electrons. The van der Waals surface area contributed by atoms with Crippen LogP contribution in [0.15, 0.2) is 34.2 Å². The number of pyridine rings is 1. The molecule has 6 heteroatoms. The Morgan fingerprint density at radius 3 is 2.88 bits per heavy atom. The van der Waals surface area contributed by atoms with Gasteiger partial charge in [0.1, 0.15) is 16.3 Å². The van der Waals surface area contributed by atoms with Crippen molar-refractivity contribution in [2.45, 2.75) is 0 Å². The van der Waals surface area contributed by atoms with Crippen LogP contribution in [0.2, 0.25) is 0 Å². The lowest BCUT2D eigenvalue weighted by atomic mass is 10.3. The van der Waals surface area contributed by atoms with Crippen LogP contribution in [-0.4, -0.2) is 15.0 Å². The minimum Gasteiger partial charge on any atom is -0.383 e. The van der Waals surface area contributed by atoms with Gasteiger partial charge in [-0.25, -0.2) is 9.97 Å². The van der Waals surface area contributed by atoms with E-state index in [1.54, 1.807) is 6.20 Å². The molecule has 0 fully saturated rings. The number of fused-ring (bicyclic) bond motifs is 1. The van der Waals surface area contributed by atoms with Crippen molar-refractivity contribution in [2.75, 3.05) is 5.73 Å². The van der Waals surface area contributed by atoms with E-state index in [-0.39, 0.29) is 0 Å². The number of rotatable bonds is 1. The maximum absolute atomic E-state index is 5.91. The Labute approximate surface area is 110 Å². The van der Waals surface area contributed by atoms with Crippen molar-refractivity contribution in [1.29, 1.82) is 0 Å². The predicted molar refractivity (Wildman–Crippen MR) is 72.8 cm³/mol. The quantitative estimate of drug-likeness (QED) is 0.750. The Hall–Kier alpha value is -1.53. The smallest absolute Gasteiger partial charge is 0.181 e. The number of nitrogen functional groups attached to an aromatic ring is 1. The molecule has 0 aromatic carbocycles. The number of hydrogen-bond donors (Lipinski definition) is 1. The van der Waals surface area contributed by atoms with Crippen LogP contribution in [-0.2, 0) is 0 Å². The summed E-state index contributed by atoms with van der Waals surface area (Å²) in [6.45, 7) is 0. The van der Waals surface area contributed by atoms with Crippen LogP contribution in [0.25, 0.3) is 21.7 Å². The topological polar surface area (TPSA) is 64.7 Å². The van der Waals surface area contributed by atoms with Gasteiger partial charge < -0.3 is 5.73 Å². The largest absolute Gasteiger partial charge is 0.383 e. The van der Waals surface area contributed by atoms with Crippen LogP contribution < -0.4 is 5.73 Å². The van der Waals surface area contributed by atoms with E-state index in [4.69, 9.17) is 5.73 Å². The van der Waals surface area contributed by atoms with E-state index in [1.807, 2.05) is 24.3 Å². The second-order valence-corrected chi connectivity index (χ2v) is 5.83. The molecule has 3 aromatic heterocycles. The van der Waals surface area contributed by atoms with Gasteiger partial charge in [0, 0.05) is 6.20 Å². The molecular formula is C11H7BrN4S. The van der Waals surface area contributed by atoms with Crippen molar-refractivity contribution in [1.82, 2.24) is 15.0 Å². The average molecular weight is 307 g/mol. The highest BCUT2D eigenvalue weighted by atomic mass is 79.9. The van der Waals surface area contributed by atoms with Crippen molar-refractivity contribution >= 4 is 43.3 Å². The van der Waals surface area contributed by atoms with Gasteiger partial charge in [0.25, 0.3) is 0 Å². The van der Waals surface area contributed by atoms with E-state index in [0.717, 1.165) is 19.7 Å². The lowest BCUT2D eigenvalue weighted by molar-refractivity contribution is 1.19. The molecule has 0 atom stereocenters. The van der Waals surface area contributed by atoms with Gasteiger partial charge >= 0.3 is 0 Å². The predicted octanol–water partition coefficient (Wildman–Crippen LogP) is 3.10. The van der Waals surface area contributed by atoms with Crippen molar-refractivity contribution in [3.05, 3.63) is 34.2 Å². The zero-order valence-corrected chi connectivity index (χ0v) is 11.0. The van der Waals surface area contributed by atoms with Crippen LogP contribution in [0.4, 0.5) is 5.82 Å². The molecule has 84 valence electrons. The summed E-state index contributed by atoms with van der Waals surface area (Å²) in [4.78, 5) is 13.8. The van der Waals surface area contributed by atoms with Crippen LogP contribution >= 0.6 is 27.3 Å². The number of thiophene rings is 1. The van der Waals surface area contributed by atoms with E-state index in [1.165, 1.54) is 11.3 Å². The summed E-state index contributed by atoms with van der Waals surface area (Å²) in [6.07, 6.45) is 1.71. The molecule has 2 N–H and O–H groups in total. The van der Waals surface area contributed by atoms with Gasteiger partial charge in [-0.15, -0.1) is 11.3 Å². The molecular weight excluding hydrogens is 300 g/mol. The molecule has 0 unspecified atom stereocenters. The average Bonchev–Trinajstić information content (AvgIpc) is 2.71. The molecule has 3 heterocycles. The third-order valence-electron chi connectivity index (χ3n) is 2.29. The second-order valence-electron chi connectivity index (χ2n) is 3.42. The van der Waals surface area contributed by atoms with E-state index >= 15 is 0 Å². The molecule has 0 spiro atoms. The summed E-state index contributed by atoms with van der Waals surface area (Å²) < 4.78 is 0.992. The number of aromatic nitrogens is 3. The minimum absolute atomic E-state index is 0.484. The van der Waals surface area contributed by atoms with Crippen molar-refractivity contribution in [3.63, 3.8) is 0 Å². The van der Waals surface area contributed by atoms with Gasteiger partial charge in [-0.2, -0.15) is 0 Å². The summed E-state index contributed by atoms with van der Waals surface area (Å²) in [5, 5.41) is 0.876. The molecule has 0 bridgehead atoms. The molecule has 3 aromatic rings. The van der Waals surface area contributed by atoms with Gasteiger partial charge in [-0.05, 0) is 34.1 Å². The Morgan fingerprint density at radius 1 is 1.24 bits per heavy atom. The SMILES string of the molecule is Nc1nc(-c2ccccn2)nc2sc(Br)cc12. The summed E-state index contributed by atoms with van der Waals surface area (Å²) in [6, 6.07) is 7.55. The summed E-state index contributed by atoms with van der Waals surface area (Å²) in [7, 11) is 0. The first kappa shape index (κ1) is 10.6. The molecule has 0 saturated carbocycles. The highest BCUT2D eigenvalue weighted by Gasteiger charge is 2.10. The number of nitrogens with zero attached hydrogens (tertiary/aromatic N) is 3. The van der Waals surface area contributed by atoms with Crippen molar-refractivity contribution in [3.8, 4) is 11.5 Å². The van der Waals surface area contributed by atoms with Crippen LogP contribution in [0.1, 0.15) is 0 Å². The number of halogens is 1. The van der Waals surface area contributed by atoms with Crippen LogP contribution in [0.5, 0.6) is 0 Å². The number of anilines is 1. The highest BCUT2D eigenvalue weighted by Crippen LogP contribution is 2.32. The normalized spacial score (nSPS) is 10.9. The first-order valence-electron chi connectivity index (χ1n) is 4.88. The van der Waals surface area contributed by atoms with Gasteiger partial charge in [0.15, 0.2) is 5.82 Å². The molecule has 0 aliphatic heterocycles. The van der Waals surface area contributed by atoms with E-state index in [2.05, 4.69) is 30.9 Å². The van der Waals surface area contributed by atoms with E-state index in [0.29, 0.717) is 11.6 Å². The standard InChI is InChI=1S/C11H7BrN4S/c12-8-5-6-9(13)15-10(16-11(6)17-8)7-3-1-2-4-14-7/h1-5H,(H2,13,15,16). The summed E-state index contributed by atoms with van der Waals surface area (Å²) in [5.74, 6) is 1.04. The van der Waals surface area contributed by atoms with E-state index < -0.39 is 0 Å². The Kier molecular flexibility index (Phi) is 2.53. The first-order chi connectivity index (χ1) is 8.24. The Balaban J connectivity index is 2.25. The summed E-state index contributed by atoms with van der Waals surface area (Å²) in [5.41, 5.74) is 6.64. The maximum atomic E-state index is 5.91. The zero-order valence-electron chi connectivity index (χ0n) is 8.59. The second kappa shape index (κ2) is 4.05. The highest BCUT2D eigenvalue weighted by molar-refractivity contribution is 9.11. The lowest BCUT2D eigenvalue weighted by Crippen LogP contribution is -1.96. The maximum Gasteiger partial charge on any atom is 0.181 e. The molecule has 0 saturated heterocycles. The monoisotopic (exact) mass is 306 g/mol.